The van der Waals surface area contributed by atoms with E-state index in [9.17, 15) is 0 Å². The van der Waals surface area contributed by atoms with Gasteiger partial charge < -0.3 is 16.4 Å². The first kappa shape index (κ1) is 11.2. The second-order valence-corrected chi connectivity index (χ2v) is 3.19. The van der Waals surface area contributed by atoms with Gasteiger partial charge in [0.25, 0.3) is 0 Å². The molecule has 0 aliphatic carbocycles. The summed E-state index contributed by atoms with van der Waals surface area (Å²) < 4.78 is 0. The van der Waals surface area contributed by atoms with Gasteiger partial charge in [0.1, 0.15) is 7.85 Å². The molecule has 1 rings (SSSR count). The molecule has 0 saturated heterocycles. The molecule has 0 atom stereocenters. The van der Waals surface area contributed by atoms with Gasteiger partial charge >= 0.3 is 0 Å². The van der Waals surface area contributed by atoms with Gasteiger partial charge in [0, 0.05) is 11.6 Å². The summed E-state index contributed by atoms with van der Waals surface area (Å²) in [6.07, 6.45) is 0. The maximum Gasteiger partial charge on any atom is 0.110 e. The van der Waals surface area contributed by atoms with Crippen LogP contribution in [0.25, 0.3) is 10.6 Å². The lowest BCUT2D eigenvalue weighted by atomic mass is 9.89. The standard InChI is InChI=1S/C9H11BClN3/c1-13-8-5(4-12)3-6(11)9(14-2)7(8)10/h3H,4,12H2,1-2H3/q-2. The van der Waals surface area contributed by atoms with Gasteiger partial charge in [-0.05, 0) is 11.6 Å². The van der Waals surface area contributed by atoms with Crippen molar-refractivity contribution in [2.24, 2.45) is 5.73 Å². The number of hydrogen-bond acceptors (Lipinski definition) is 1. The summed E-state index contributed by atoms with van der Waals surface area (Å²) in [5, 5.41) is 8.57. The average Bonchev–Trinajstić information content (AvgIpc) is 2.17. The van der Waals surface area contributed by atoms with Gasteiger partial charge in [-0.2, -0.15) is 0 Å². The summed E-state index contributed by atoms with van der Waals surface area (Å²) in [5.74, 6) is 0. The third-order valence-electron chi connectivity index (χ3n) is 2.01. The van der Waals surface area contributed by atoms with Gasteiger partial charge in [-0.15, -0.1) is 30.9 Å². The van der Waals surface area contributed by atoms with Gasteiger partial charge in [0.05, 0.1) is 0 Å². The Kier molecular flexibility index (Phi) is 3.66. The van der Waals surface area contributed by atoms with Crippen molar-refractivity contribution in [2.45, 2.75) is 6.54 Å². The smallest absolute Gasteiger partial charge is 0.110 e. The predicted octanol–water partition coefficient (Wildman–Crippen LogP) is 1.86. The molecule has 0 bridgehead atoms. The largest absolute Gasteiger partial charge is 0.687 e. The molecule has 0 fully saturated rings. The molecule has 0 amide bonds. The number of benzene rings is 1. The van der Waals surface area contributed by atoms with Crippen molar-refractivity contribution in [1.82, 2.24) is 0 Å². The lowest BCUT2D eigenvalue weighted by Gasteiger charge is -2.31. The molecule has 0 unspecified atom stereocenters. The van der Waals surface area contributed by atoms with Crippen LogP contribution in [0.2, 0.25) is 5.02 Å². The van der Waals surface area contributed by atoms with Crippen LogP contribution in [0.5, 0.6) is 0 Å². The molecule has 74 valence electrons. The van der Waals surface area contributed by atoms with Gasteiger partial charge in [0.2, 0.25) is 0 Å². The molecule has 0 aliphatic heterocycles. The predicted molar refractivity (Wildman–Crippen MR) is 62.6 cm³/mol. The van der Waals surface area contributed by atoms with E-state index < -0.39 is 0 Å². The minimum Gasteiger partial charge on any atom is -0.687 e. The molecule has 0 spiro atoms. The zero-order valence-corrected chi connectivity index (χ0v) is 8.97. The molecule has 14 heavy (non-hydrogen) atoms. The molecule has 2 radical (unpaired) electrons. The van der Waals surface area contributed by atoms with Crippen molar-refractivity contribution in [1.29, 1.82) is 0 Å². The zero-order valence-electron chi connectivity index (χ0n) is 8.21. The highest BCUT2D eigenvalue weighted by atomic mass is 35.5. The van der Waals surface area contributed by atoms with Crippen LogP contribution in [-0.4, -0.2) is 21.9 Å². The van der Waals surface area contributed by atoms with Crippen LogP contribution in [0.4, 0.5) is 11.4 Å². The lowest BCUT2D eigenvalue weighted by Crippen LogP contribution is -2.10. The van der Waals surface area contributed by atoms with E-state index >= 15 is 0 Å². The number of halogens is 1. The van der Waals surface area contributed by atoms with Crippen molar-refractivity contribution in [3.8, 4) is 0 Å². The first-order valence-electron chi connectivity index (χ1n) is 4.16. The Hall–Kier alpha value is -0.865. The van der Waals surface area contributed by atoms with Gasteiger partial charge in [-0.25, -0.2) is 0 Å². The molecule has 2 N–H and O–H groups in total. The van der Waals surface area contributed by atoms with E-state index in [1.54, 1.807) is 20.2 Å². The quantitative estimate of drug-likeness (QED) is 0.756. The van der Waals surface area contributed by atoms with Crippen molar-refractivity contribution in [3.63, 3.8) is 0 Å². The van der Waals surface area contributed by atoms with E-state index in [-0.39, 0.29) is 0 Å². The first-order valence-corrected chi connectivity index (χ1v) is 4.54. The van der Waals surface area contributed by atoms with E-state index in [1.807, 2.05) is 0 Å². The average molecular weight is 207 g/mol. The van der Waals surface area contributed by atoms with Gasteiger partial charge in [-0.1, -0.05) is 11.6 Å². The SMILES string of the molecule is [B]c1c([N-]C)c(Cl)cc(CN)c1[N-]C. The van der Waals surface area contributed by atoms with E-state index in [2.05, 4.69) is 10.6 Å². The monoisotopic (exact) mass is 207 g/mol. The maximum absolute atomic E-state index is 5.97. The van der Waals surface area contributed by atoms with E-state index in [1.165, 1.54) is 0 Å². The van der Waals surface area contributed by atoms with E-state index in [0.717, 1.165) is 5.56 Å². The van der Waals surface area contributed by atoms with Crippen LogP contribution in [0.15, 0.2) is 6.07 Å². The van der Waals surface area contributed by atoms with Crippen LogP contribution >= 0.6 is 11.6 Å². The molecule has 0 heterocycles. The number of rotatable bonds is 3. The second-order valence-electron chi connectivity index (χ2n) is 2.78. The minimum atomic E-state index is 0.362. The topological polar surface area (TPSA) is 54.2 Å². The van der Waals surface area contributed by atoms with Gasteiger partial charge in [0.15, 0.2) is 0 Å². The highest BCUT2D eigenvalue weighted by Crippen LogP contribution is 2.32. The normalized spacial score (nSPS) is 10.0. The molecular weight excluding hydrogens is 196 g/mol. The maximum atomic E-state index is 5.97. The molecule has 0 aliphatic rings. The number of nitrogens with zero attached hydrogens (tertiary/aromatic N) is 2. The Bertz CT molecular complexity index is 341. The molecule has 0 aromatic heterocycles. The lowest BCUT2D eigenvalue weighted by molar-refractivity contribution is 1.08. The van der Waals surface area contributed by atoms with Crippen LogP contribution in [0, 0.1) is 0 Å². The highest BCUT2D eigenvalue weighted by Gasteiger charge is 2.00. The summed E-state index contributed by atoms with van der Waals surface area (Å²) in [5.41, 5.74) is 8.13. The van der Waals surface area contributed by atoms with Crippen LogP contribution in [0.1, 0.15) is 5.56 Å². The van der Waals surface area contributed by atoms with Crippen molar-refractivity contribution in [3.05, 3.63) is 27.3 Å². The summed E-state index contributed by atoms with van der Waals surface area (Å²) in [6, 6.07) is 1.75. The number of hydrogen-bond donors (Lipinski definition) is 1. The first-order chi connectivity index (χ1) is 6.65. The fourth-order valence-electron chi connectivity index (χ4n) is 1.35. The van der Waals surface area contributed by atoms with Crippen LogP contribution in [0.3, 0.4) is 0 Å². The number of nitrogens with two attached hydrogens (primary N) is 1. The van der Waals surface area contributed by atoms with E-state index in [4.69, 9.17) is 25.2 Å². The third-order valence-corrected chi connectivity index (χ3v) is 2.30. The van der Waals surface area contributed by atoms with Gasteiger partial charge in [-0.3, -0.25) is 0 Å². The highest BCUT2D eigenvalue weighted by molar-refractivity contribution is 6.44. The van der Waals surface area contributed by atoms with E-state index in [0.29, 0.717) is 28.4 Å². The minimum absolute atomic E-state index is 0.362. The fraction of sp³-hybridized carbons (Fsp3) is 0.333. The second kappa shape index (κ2) is 4.57. The van der Waals surface area contributed by atoms with Crippen molar-refractivity contribution < 1.29 is 0 Å². The molecular formula is C9H11BClN3-2. The molecule has 1 aromatic carbocycles. The third kappa shape index (κ3) is 1.81. The zero-order chi connectivity index (χ0) is 10.7. The molecule has 0 saturated carbocycles. The summed E-state index contributed by atoms with van der Waals surface area (Å²) >= 11 is 5.97. The summed E-state index contributed by atoms with van der Waals surface area (Å²) in [4.78, 5) is 0. The Morgan fingerprint density at radius 3 is 2.36 bits per heavy atom. The Balaban J connectivity index is 3.39. The van der Waals surface area contributed by atoms with Crippen molar-refractivity contribution in [2.75, 3.05) is 14.1 Å². The Morgan fingerprint density at radius 2 is 1.93 bits per heavy atom. The van der Waals surface area contributed by atoms with Crippen LogP contribution < -0.4 is 11.2 Å². The molecule has 1 aromatic rings. The Morgan fingerprint density at radius 1 is 1.36 bits per heavy atom. The Labute approximate surface area is 90.4 Å². The van der Waals surface area contributed by atoms with Crippen molar-refractivity contribution >= 4 is 36.3 Å². The fourth-order valence-corrected chi connectivity index (χ4v) is 1.67. The molecule has 3 nitrogen and oxygen atoms in total. The van der Waals surface area contributed by atoms with Crippen LogP contribution in [-0.2, 0) is 6.54 Å². The molecule has 5 heteroatoms. The summed E-state index contributed by atoms with van der Waals surface area (Å²) in [7, 11) is 9.16. The summed E-state index contributed by atoms with van der Waals surface area (Å²) in [6.45, 7) is 0.362.